The number of carbonyl (C=O) groups excluding carboxylic acids is 1. The van der Waals surface area contributed by atoms with Crippen LogP contribution < -0.4 is 10.1 Å². The van der Waals surface area contributed by atoms with Gasteiger partial charge in [0.1, 0.15) is 5.75 Å². The van der Waals surface area contributed by atoms with Crippen LogP contribution in [0.15, 0.2) is 51.8 Å². The van der Waals surface area contributed by atoms with Crippen molar-refractivity contribution in [2.75, 3.05) is 25.0 Å². The predicted molar refractivity (Wildman–Crippen MR) is 126 cm³/mol. The van der Waals surface area contributed by atoms with Crippen LogP contribution in [0, 0.1) is 11.8 Å². The number of amides is 1. The molecule has 0 aliphatic carbocycles. The maximum Gasteiger partial charge on any atom is 0.259 e. The zero-order valence-corrected chi connectivity index (χ0v) is 20.5. The molecule has 1 saturated heterocycles. The Balaban J connectivity index is 1.73. The second-order valence-electron chi connectivity index (χ2n) is 8.41. The summed E-state index contributed by atoms with van der Waals surface area (Å²) in [6, 6.07) is 11.6. The van der Waals surface area contributed by atoms with Crippen LogP contribution in [-0.2, 0) is 10.0 Å². The Morgan fingerprint density at radius 2 is 1.81 bits per heavy atom. The van der Waals surface area contributed by atoms with E-state index < -0.39 is 10.0 Å². The van der Waals surface area contributed by atoms with Gasteiger partial charge >= 0.3 is 0 Å². The number of carbonyl (C=O) groups is 1. The van der Waals surface area contributed by atoms with E-state index in [-0.39, 0.29) is 10.8 Å². The van der Waals surface area contributed by atoms with Crippen LogP contribution in [0.2, 0.25) is 0 Å². The standard InChI is InChI=1S/C23H29BrN2O4S/c1-16(2)15-30-22-9-4-18(24)14-21(22)23(27)25-19-5-7-20(8-6-19)31(28,29)26-12-10-17(3)11-13-26/h4-9,14,16-17H,10-13,15H2,1-3H3,(H,25,27). The number of hydrogen-bond acceptors (Lipinski definition) is 4. The van der Waals surface area contributed by atoms with Crippen molar-refractivity contribution >= 4 is 37.5 Å². The van der Waals surface area contributed by atoms with E-state index >= 15 is 0 Å². The Kier molecular flexibility index (Phi) is 7.78. The molecule has 1 aliphatic rings. The van der Waals surface area contributed by atoms with E-state index in [1.165, 1.54) is 0 Å². The third kappa shape index (κ3) is 6.08. The van der Waals surface area contributed by atoms with Crippen molar-refractivity contribution in [2.24, 2.45) is 11.8 Å². The van der Waals surface area contributed by atoms with Crippen molar-refractivity contribution in [2.45, 2.75) is 38.5 Å². The second-order valence-corrected chi connectivity index (χ2v) is 11.3. The molecule has 1 fully saturated rings. The smallest absolute Gasteiger partial charge is 0.259 e. The summed E-state index contributed by atoms with van der Waals surface area (Å²) in [6.45, 7) is 7.82. The van der Waals surface area contributed by atoms with Crippen LogP contribution in [0.4, 0.5) is 5.69 Å². The zero-order valence-electron chi connectivity index (χ0n) is 18.1. The number of nitrogens with zero attached hydrogens (tertiary/aromatic N) is 1. The first-order chi connectivity index (χ1) is 14.7. The summed E-state index contributed by atoms with van der Waals surface area (Å²) in [5.74, 6) is 1.07. The van der Waals surface area contributed by atoms with Crippen molar-refractivity contribution in [3.05, 3.63) is 52.5 Å². The molecule has 1 aliphatic heterocycles. The molecule has 168 valence electrons. The number of piperidine rings is 1. The molecule has 0 radical (unpaired) electrons. The van der Waals surface area contributed by atoms with E-state index in [1.807, 2.05) is 19.9 Å². The zero-order chi connectivity index (χ0) is 22.6. The van der Waals surface area contributed by atoms with Gasteiger partial charge in [-0.15, -0.1) is 0 Å². The fourth-order valence-electron chi connectivity index (χ4n) is 3.34. The van der Waals surface area contributed by atoms with Crippen LogP contribution in [-0.4, -0.2) is 38.3 Å². The summed E-state index contributed by atoms with van der Waals surface area (Å²) >= 11 is 3.40. The second kappa shape index (κ2) is 10.1. The van der Waals surface area contributed by atoms with E-state index in [0.717, 1.165) is 17.3 Å². The summed E-state index contributed by atoms with van der Waals surface area (Å²) in [6.07, 6.45) is 1.75. The number of halogens is 1. The monoisotopic (exact) mass is 508 g/mol. The molecule has 0 aromatic heterocycles. The van der Waals surface area contributed by atoms with Gasteiger partial charge in [-0.2, -0.15) is 4.31 Å². The molecule has 0 spiro atoms. The minimum atomic E-state index is -3.52. The van der Waals surface area contributed by atoms with Crippen LogP contribution >= 0.6 is 15.9 Å². The highest BCUT2D eigenvalue weighted by Crippen LogP contribution is 2.27. The van der Waals surface area contributed by atoms with Crippen molar-refractivity contribution in [3.63, 3.8) is 0 Å². The molecule has 1 heterocycles. The molecule has 0 saturated carbocycles. The Labute approximate surface area is 193 Å². The highest BCUT2D eigenvalue weighted by atomic mass is 79.9. The van der Waals surface area contributed by atoms with Gasteiger partial charge in [0.05, 0.1) is 17.1 Å². The minimum Gasteiger partial charge on any atom is -0.492 e. The Morgan fingerprint density at radius 3 is 2.42 bits per heavy atom. The maximum absolute atomic E-state index is 12.9. The van der Waals surface area contributed by atoms with Gasteiger partial charge < -0.3 is 10.1 Å². The van der Waals surface area contributed by atoms with Gasteiger partial charge in [-0.3, -0.25) is 4.79 Å². The lowest BCUT2D eigenvalue weighted by Gasteiger charge is -2.29. The van der Waals surface area contributed by atoms with Crippen LogP contribution in [0.5, 0.6) is 5.75 Å². The van der Waals surface area contributed by atoms with Crippen molar-refractivity contribution in [3.8, 4) is 5.75 Å². The third-order valence-corrected chi connectivity index (χ3v) is 7.66. The van der Waals surface area contributed by atoms with E-state index in [4.69, 9.17) is 4.74 Å². The molecule has 2 aromatic rings. The fourth-order valence-corrected chi connectivity index (χ4v) is 5.18. The summed E-state index contributed by atoms with van der Waals surface area (Å²) in [7, 11) is -3.52. The number of benzene rings is 2. The molecule has 31 heavy (non-hydrogen) atoms. The minimum absolute atomic E-state index is 0.239. The third-order valence-electron chi connectivity index (χ3n) is 5.25. The molecule has 6 nitrogen and oxygen atoms in total. The first kappa shape index (κ1) is 23.8. The molecule has 1 N–H and O–H groups in total. The highest BCUT2D eigenvalue weighted by Gasteiger charge is 2.28. The molecule has 0 bridgehead atoms. The number of nitrogens with one attached hydrogen (secondary N) is 1. The topological polar surface area (TPSA) is 75.7 Å². The average molecular weight is 509 g/mol. The summed E-state index contributed by atoms with van der Waals surface area (Å²) < 4.78 is 33.8. The number of rotatable bonds is 7. The van der Waals surface area contributed by atoms with Gasteiger partial charge in [-0.05, 0) is 67.1 Å². The van der Waals surface area contributed by atoms with Gasteiger partial charge in [0.15, 0.2) is 0 Å². The first-order valence-corrected chi connectivity index (χ1v) is 12.7. The van der Waals surface area contributed by atoms with E-state index in [9.17, 15) is 13.2 Å². The van der Waals surface area contributed by atoms with Gasteiger partial charge in [-0.1, -0.05) is 36.7 Å². The van der Waals surface area contributed by atoms with Gasteiger partial charge in [0.25, 0.3) is 5.91 Å². The van der Waals surface area contributed by atoms with Crippen molar-refractivity contribution in [1.29, 1.82) is 0 Å². The number of ether oxygens (including phenoxy) is 1. The van der Waals surface area contributed by atoms with Crippen LogP contribution in [0.1, 0.15) is 44.0 Å². The molecular weight excluding hydrogens is 480 g/mol. The average Bonchev–Trinajstić information content (AvgIpc) is 2.73. The lowest BCUT2D eigenvalue weighted by molar-refractivity contribution is 0.102. The fraction of sp³-hybridized carbons (Fsp3) is 0.435. The lowest BCUT2D eigenvalue weighted by Crippen LogP contribution is -2.37. The molecule has 3 rings (SSSR count). The SMILES string of the molecule is CC(C)COc1ccc(Br)cc1C(=O)Nc1ccc(S(=O)(=O)N2CCC(C)CC2)cc1. The molecule has 0 atom stereocenters. The molecular formula is C23H29BrN2O4S. The Hall–Kier alpha value is -1.90. The summed E-state index contributed by atoms with van der Waals surface area (Å²) in [5, 5.41) is 2.83. The van der Waals surface area contributed by atoms with Gasteiger partial charge in [-0.25, -0.2) is 8.42 Å². The normalized spacial score (nSPS) is 15.8. The van der Waals surface area contributed by atoms with Gasteiger partial charge in [0, 0.05) is 23.2 Å². The summed E-state index contributed by atoms with van der Waals surface area (Å²) in [4.78, 5) is 13.1. The maximum atomic E-state index is 12.9. The summed E-state index contributed by atoms with van der Waals surface area (Å²) in [5.41, 5.74) is 0.931. The first-order valence-electron chi connectivity index (χ1n) is 10.5. The Bertz CT molecular complexity index is 1010. The van der Waals surface area contributed by atoms with Crippen molar-refractivity contribution < 1.29 is 17.9 Å². The molecule has 8 heteroatoms. The number of anilines is 1. The van der Waals surface area contributed by atoms with Gasteiger partial charge in [0.2, 0.25) is 10.0 Å². The quantitative estimate of drug-likeness (QED) is 0.560. The molecule has 2 aromatic carbocycles. The Morgan fingerprint density at radius 1 is 1.16 bits per heavy atom. The van der Waals surface area contributed by atoms with Crippen LogP contribution in [0.25, 0.3) is 0 Å². The van der Waals surface area contributed by atoms with E-state index in [0.29, 0.717) is 48.5 Å². The molecule has 0 unspecified atom stereocenters. The van der Waals surface area contributed by atoms with Crippen molar-refractivity contribution in [1.82, 2.24) is 4.31 Å². The van der Waals surface area contributed by atoms with Crippen LogP contribution in [0.3, 0.4) is 0 Å². The number of hydrogen-bond donors (Lipinski definition) is 1. The highest BCUT2D eigenvalue weighted by molar-refractivity contribution is 9.10. The lowest BCUT2D eigenvalue weighted by atomic mass is 10.0. The largest absolute Gasteiger partial charge is 0.492 e. The van der Waals surface area contributed by atoms with E-state index in [2.05, 4.69) is 28.2 Å². The number of sulfonamides is 1. The predicted octanol–water partition coefficient (Wildman–Crippen LogP) is 5.16. The molecule has 1 amide bonds. The van der Waals surface area contributed by atoms with E-state index in [1.54, 1.807) is 40.7 Å².